The molecule has 0 aliphatic carbocycles. The van der Waals surface area contributed by atoms with E-state index in [-0.39, 0.29) is 18.6 Å². The number of aliphatic hydroxyl groups is 2. The normalized spacial score (nSPS) is 11.9. The average molecular weight is 375 g/mol. The van der Waals surface area contributed by atoms with E-state index in [0.29, 0.717) is 24.5 Å². The smallest absolute Gasteiger partial charge is 0.290 e. The lowest BCUT2D eigenvalue weighted by molar-refractivity contribution is -0.122. The van der Waals surface area contributed by atoms with Crippen molar-refractivity contribution >= 4 is 6.47 Å². The number of β-amino-alcohol motifs (C(OH)–C–C–N with tert-alkyl or cyclic N) is 1. The molecule has 0 unspecified atom stereocenters. The lowest BCUT2D eigenvalue weighted by atomic mass is 10.0. The molecule has 0 saturated carbocycles. The number of aliphatic hydroxyl groups excluding tert-OH is 2. The highest BCUT2D eigenvalue weighted by atomic mass is 16.5. The number of hydrogen-bond acceptors (Lipinski definition) is 5. The van der Waals surface area contributed by atoms with E-state index in [0.717, 1.165) is 11.1 Å². The molecule has 0 fully saturated rings. The summed E-state index contributed by atoms with van der Waals surface area (Å²) in [6.07, 6.45) is -0.627. The van der Waals surface area contributed by atoms with Gasteiger partial charge in [-0.05, 0) is 44.0 Å². The first kappa shape index (κ1) is 22.6. The number of carboxylic acid groups (broad SMARTS) is 1. The molecule has 0 radical (unpaired) electrons. The van der Waals surface area contributed by atoms with Gasteiger partial charge in [-0.3, -0.25) is 4.79 Å². The van der Waals surface area contributed by atoms with Gasteiger partial charge in [0.05, 0.1) is 12.7 Å². The van der Waals surface area contributed by atoms with E-state index in [1.807, 2.05) is 42.5 Å². The molecule has 0 aromatic heterocycles. The predicted molar refractivity (Wildman–Crippen MR) is 105 cm³/mol. The fourth-order valence-electron chi connectivity index (χ4n) is 2.33. The van der Waals surface area contributed by atoms with E-state index in [9.17, 15) is 10.2 Å². The number of nitrogens with one attached hydrogen (secondary N) is 1. The van der Waals surface area contributed by atoms with Crippen LogP contribution < -0.4 is 10.1 Å². The van der Waals surface area contributed by atoms with Gasteiger partial charge in [-0.15, -0.1) is 0 Å². The maximum atomic E-state index is 10.3. The third-order valence-electron chi connectivity index (χ3n) is 3.70. The minimum absolute atomic E-state index is 0.0560. The van der Waals surface area contributed by atoms with Crippen LogP contribution in [0.3, 0.4) is 0 Å². The maximum absolute atomic E-state index is 10.3. The Labute approximate surface area is 160 Å². The van der Waals surface area contributed by atoms with Crippen LogP contribution in [0.2, 0.25) is 0 Å². The molecule has 0 amide bonds. The van der Waals surface area contributed by atoms with Gasteiger partial charge >= 0.3 is 0 Å². The number of carbonyl (C=O) groups is 1. The zero-order valence-electron chi connectivity index (χ0n) is 16.1. The zero-order chi connectivity index (χ0) is 20.3. The van der Waals surface area contributed by atoms with Crippen LogP contribution in [-0.2, 0) is 18.0 Å². The van der Waals surface area contributed by atoms with Crippen LogP contribution in [-0.4, -0.2) is 33.9 Å². The standard InChI is InChI=1S/C20H27NO3.CH2O2/c1-20(2,3)21-12-18(23)16-9-10-19(17(11-16)13-22)24-14-15-7-5-4-6-8-15;2-1-3/h4-11,18,21-23H,12-14H2,1-3H3;1H,(H,2,3)/t18-;/m1./s1. The van der Waals surface area contributed by atoms with Crippen molar-refractivity contribution in [2.24, 2.45) is 0 Å². The molecule has 0 bridgehead atoms. The van der Waals surface area contributed by atoms with E-state index in [2.05, 4.69) is 26.1 Å². The summed E-state index contributed by atoms with van der Waals surface area (Å²) in [4.78, 5) is 8.36. The molecule has 0 saturated heterocycles. The Morgan fingerprint density at radius 1 is 1.15 bits per heavy atom. The van der Waals surface area contributed by atoms with Crippen LogP contribution in [0.5, 0.6) is 5.75 Å². The summed E-state index contributed by atoms with van der Waals surface area (Å²) in [6, 6.07) is 15.3. The van der Waals surface area contributed by atoms with Crippen molar-refractivity contribution in [3.63, 3.8) is 0 Å². The van der Waals surface area contributed by atoms with Crippen LogP contribution >= 0.6 is 0 Å². The number of hydrogen-bond donors (Lipinski definition) is 4. The van der Waals surface area contributed by atoms with E-state index in [1.54, 1.807) is 6.07 Å². The molecule has 2 rings (SSSR count). The SMILES string of the molecule is CC(C)(C)NC[C@@H](O)c1ccc(OCc2ccccc2)c(CO)c1.O=CO. The second-order valence-corrected chi connectivity index (χ2v) is 7.05. The average Bonchev–Trinajstić information content (AvgIpc) is 2.65. The van der Waals surface area contributed by atoms with Crippen molar-refractivity contribution in [2.75, 3.05) is 6.54 Å². The lowest BCUT2D eigenvalue weighted by Crippen LogP contribution is -2.38. The van der Waals surface area contributed by atoms with Gasteiger partial charge in [0.2, 0.25) is 0 Å². The van der Waals surface area contributed by atoms with Crippen LogP contribution in [0.4, 0.5) is 0 Å². The van der Waals surface area contributed by atoms with E-state index in [4.69, 9.17) is 14.6 Å². The molecule has 4 N–H and O–H groups in total. The van der Waals surface area contributed by atoms with Gasteiger partial charge in [0.15, 0.2) is 0 Å². The van der Waals surface area contributed by atoms with Gasteiger partial charge in [-0.1, -0.05) is 36.4 Å². The topological polar surface area (TPSA) is 99.0 Å². The van der Waals surface area contributed by atoms with Crippen LogP contribution in [0.15, 0.2) is 48.5 Å². The van der Waals surface area contributed by atoms with Crippen molar-refractivity contribution in [1.29, 1.82) is 0 Å². The zero-order valence-corrected chi connectivity index (χ0v) is 16.1. The molecular formula is C21H29NO5. The van der Waals surface area contributed by atoms with Gasteiger partial charge in [0.1, 0.15) is 12.4 Å². The molecule has 6 heteroatoms. The fraction of sp³-hybridized carbons (Fsp3) is 0.381. The summed E-state index contributed by atoms with van der Waals surface area (Å²) < 4.78 is 5.81. The summed E-state index contributed by atoms with van der Waals surface area (Å²) >= 11 is 0. The molecule has 148 valence electrons. The monoisotopic (exact) mass is 375 g/mol. The molecule has 27 heavy (non-hydrogen) atoms. The molecule has 0 aliphatic heterocycles. The second-order valence-electron chi connectivity index (χ2n) is 7.05. The maximum Gasteiger partial charge on any atom is 0.290 e. The second kappa shape index (κ2) is 11.3. The Hall–Kier alpha value is -2.41. The molecule has 0 spiro atoms. The summed E-state index contributed by atoms with van der Waals surface area (Å²) in [7, 11) is 0. The Kier molecular flexibility index (Phi) is 9.50. The molecule has 2 aromatic carbocycles. The molecule has 6 nitrogen and oxygen atoms in total. The van der Waals surface area contributed by atoms with Crippen molar-refractivity contribution in [2.45, 2.75) is 45.6 Å². The van der Waals surface area contributed by atoms with Crippen molar-refractivity contribution < 1.29 is 24.9 Å². The third-order valence-corrected chi connectivity index (χ3v) is 3.70. The van der Waals surface area contributed by atoms with Crippen molar-refractivity contribution in [3.05, 3.63) is 65.2 Å². The lowest BCUT2D eigenvalue weighted by Gasteiger charge is -2.23. The number of rotatable bonds is 7. The molecular weight excluding hydrogens is 346 g/mol. The number of ether oxygens (including phenoxy) is 1. The van der Waals surface area contributed by atoms with Crippen LogP contribution in [0.25, 0.3) is 0 Å². The van der Waals surface area contributed by atoms with Crippen LogP contribution in [0, 0.1) is 0 Å². The largest absolute Gasteiger partial charge is 0.489 e. The van der Waals surface area contributed by atoms with Gasteiger partial charge in [0.25, 0.3) is 6.47 Å². The first-order valence-electron chi connectivity index (χ1n) is 8.72. The Bertz CT molecular complexity index is 683. The Balaban J connectivity index is 0.00000114. The quantitative estimate of drug-likeness (QED) is 0.556. The van der Waals surface area contributed by atoms with Gasteiger partial charge in [-0.2, -0.15) is 0 Å². The Morgan fingerprint density at radius 3 is 2.33 bits per heavy atom. The minimum atomic E-state index is -0.627. The van der Waals surface area contributed by atoms with E-state index >= 15 is 0 Å². The van der Waals surface area contributed by atoms with Gasteiger partial charge < -0.3 is 25.4 Å². The third kappa shape index (κ3) is 8.68. The summed E-state index contributed by atoms with van der Waals surface area (Å²) in [5.74, 6) is 0.640. The van der Waals surface area contributed by atoms with Gasteiger partial charge in [-0.25, -0.2) is 0 Å². The minimum Gasteiger partial charge on any atom is -0.489 e. The number of benzene rings is 2. The van der Waals surface area contributed by atoms with Gasteiger partial charge in [0, 0.05) is 17.6 Å². The summed E-state index contributed by atoms with van der Waals surface area (Å²) in [6.45, 7) is 6.69. The molecule has 2 aromatic rings. The van der Waals surface area contributed by atoms with E-state index < -0.39 is 6.10 Å². The highest BCUT2D eigenvalue weighted by molar-refractivity contribution is 5.38. The summed E-state index contributed by atoms with van der Waals surface area (Å²) in [5.41, 5.74) is 2.46. The fourth-order valence-corrected chi connectivity index (χ4v) is 2.33. The highest BCUT2D eigenvalue weighted by Gasteiger charge is 2.15. The van der Waals surface area contributed by atoms with Crippen molar-refractivity contribution in [1.82, 2.24) is 5.32 Å². The summed E-state index contributed by atoms with van der Waals surface area (Å²) in [5, 5.41) is 30.1. The predicted octanol–water partition coefficient (Wildman–Crippen LogP) is 2.88. The van der Waals surface area contributed by atoms with Crippen molar-refractivity contribution in [3.8, 4) is 5.75 Å². The first-order chi connectivity index (χ1) is 12.8. The first-order valence-corrected chi connectivity index (χ1v) is 8.72. The highest BCUT2D eigenvalue weighted by Crippen LogP contribution is 2.25. The molecule has 0 heterocycles. The Morgan fingerprint density at radius 2 is 1.78 bits per heavy atom. The molecule has 0 aliphatic rings. The van der Waals surface area contributed by atoms with Crippen LogP contribution in [0.1, 0.15) is 43.6 Å². The van der Waals surface area contributed by atoms with E-state index in [1.165, 1.54) is 0 Å². The molecule has 1 atom stereocenters.